The molecular formula is C15H20N2O. The Bertz CT molecular complexity index is 542. The summed E-state index contributed by atoms with van der Waals surface area (Å²) in [5.74, 6) is 0.455. The van der Waals surface area contributed by atoms with Gasteiger partial charge in [0.2, 0.25) is 5.91 Å². The highest BCUT2D eigenvalue weighted by Gasteiger charge is 2.16. The van der Waals surface area contributed by atoms with Gasteiger partial charge < -0.3 is 10.3 Å². The van der Waals surface area contributed by atoms with E-state index in [1.807, 2.05) is 18.3 Å². The topological polar surface area (TPSA) is 44.9 Å². The third-order valence-corrected chi connectivity index (χ3v) is 3.31. The van der Waals surface area contributed by atoms with Crippen LogP contribution in [0.5, 0.6) is 0 Å². The normalized spacial score (nSPS) is 12.9. The van der Waals surface area contributed by atoms with E-state index in [0.29, 0.717) is 5.92 Å². The van der Waals surface area contributed by atoms with Crippen LogP contribution in [0.2, 0.25) is 0 Å². The molecule has 2 aromatic rings. The first-order chi connectivity index (χ1) is 8.58. The Kier molecular flexibility index (Phi) is 3.70. The minimum atomic E-state index is 0.0357. The Morgan fingerprint density at radius 2 is 2.06 bits per heavy atom. The van der Waals surface area contributed by atoms with Crippen LogP contribution in [0.25, 0.3) is 10.9 Å². The Balaban J connectivity index is 2.23. The summed E-state index contributed by atoms with van der Waals surface area (Å²) >= 11 is 0. The van der Waals surface area contributed by atoms with E-state index < -0.39 is 0 Å². The molecule has 1 aromatic heterocycles. The zero-order chi connectivity index (χ0) is 13.1. The van der Waals surface area contributed by atoms with Gasteiger partial charge in [0.05, 0.1) is 0 Å². The number of hydrogen-bond donors (Lipinski definition) is 2. The molecule has 0 fully saturated rings. The maximum Gasteiger partial charge on any atom is 0.217 e. The number of fused-ring (bicyclic) bond motifs is 1. The summed E-state index contributed by atoms with van der Waals surface area (Å²) in [7, 11) is 0. The number of hydrogen-bond acceptors (Lipinski definition) is 1. The number of benzene rings is 1. The fourth-order valence-electron chi connectivity index (χ4n) is 2.25. The van der Waals surface area contributed by atoms with Crippen LogP contribution in [-0.2, 0) is 11.2 Å². The summed E-state index contributed by atoms with van der Waals surface area (Å²) in [6, 6.07) is 8.44. The molecule has 1 atom stereocenters. The van der Waals surface area contributed by atoms with Gasteiger partial charge in [-0.25, -0.2) is 0 Å². The molecule has 1 heterocycles. The number of carbonyl (C=O) groups excluding carboxylic acids is 1. The number of nitrogens with one attached hydrogen (secondary N) is 2. The van der Waals surface area contributed by atoms with Gasteiger partial charge in [-0.1, -0.05) is 32.0 Å². The van der Waals surface area contributed by atoms with Crippen LogP contribution in [0.1, 0.15) is 26.3 Å². The van der Waals surface area contributed by atoms with Crippen LogP contribution in [-0.4, -0.2) is 16.9 Å². The molecular weight excluding hydrogens is 224 g/mol. The minimum absolute atomic E-state index is 0.0357. The van der Waals surface area contributed by atoms with Crippen LogP contribution >= 0.6 is 0 Å². The van der Waals surface area contributed by atoms with Gasteiger partial charge in [0, 0.05) is 30.1 Å². The number of aromatic amines is 1. The number of para-hydroxylation sites is 1. The van der Waals surface area contributed by atoms with E-state index in [-0.39, 0.29) is 11.9 Å². The molecule has 0 aliphatic carbocycles. The van der Waals surface area contributed by atoms with Gasteiger partial charge in [-0.3, -0.25) is 4.79 Å². The number of aromatic nitrogens is 1. The summed E-state index contributed by atoms with van der Waals surface area (Å²) in [5, 5.41) is 4.27. The van der Waals surface area contributed by atoms with E-state index >= 15 is 0 Å². The predicted molar refractivity (Wildman–Crippen MR) is 74.4 cm³/mol. The standard InChI is InChI=1S/C15H20N2O/c1-10(2)15(17-11(3)18)8-12-9-16-14-7-5-4-6-13(12)14/h4-7,9-10,15-16H,8H2,1-3H3,(H,17,18). The largest absolute Gasteiger partial charge is 0.361 e. The molecule has 2 N–H and O–H groups in total. The SMILES string of the molecule is CC(=O)NC(Cc1c[nH]c2ccccc12)C(C)C. The summed E-state index contributed by atoms with van der Waals surface area (Å²) in [5.41, 5.74) is 2.41. The van der Waals surface area contributed by atoms with E-state index in [4.69, 9.17) is 0 Å². The number of rotatable bonds is 4. The van der Waals surface area contributed by atoms with Crippen LogP contribution in [0.15, 0.2) is 30.5 Å². The molecule has 1 aromatic carbocycles. The Morgan fingerprint density at radius 1 is 1.33 bits per heavy atom. The maximum absolute atomic E-state index is 11.2. The highest BCUT2D eigenvalue weighted by Crippen LogP contribution is 2.20. The number of amides is 1. The van der Waals surface area contributed by atoms with Crippen molar-refractivity contribution in [3.8, 4) is 0 Å². The number of carbonyl (C=O) groups is 1. The first-order valence-corrected chi connectivity index (χ1v) is 6.40. The lowest BCUT2D eigenvalue weighted by Gasteiger charge is -2.21. The Morgan fingerprint density at radius 3 is 2.72 bits per heavy atom. The minimum Gasteiger partial charge on any atom is -0.361 e. The monoisotopic (exact) mass is 244 g/mol. The number of H-pyrrole nitrogens is 1. The third kappa shape index (κ3) is 2.73. The average Bonchev–Trinajstić information content (AvgIpc) is 2.71. The van der Waals surface area contributed by atoms with Crippen molar-refractivity contribution in [2.45, 2.75) is 33.2 Å². The van der Waals surface area contributed by atoms with E-state index in [1.165, 1.54) is 10.9 Å². The average molecular weight is 244 g/mol. The summed E-state index contributed by atoms with van der Waals surface area (Å²) < 4.78 is 0. The van der Waals surface area contributed by atoms with Gasteiger partial charge >= 0.3 is 0 Å². The van der Waals surface area contributed by atoms with Gasteiger partial charge in [-0.2, -0.15) is 0 Å². The Labute approximate surface area is 108 Å². The molecule has 0 spiro atoms. The van der Waals surface area contributed by atoms with Crippen molar-refractivity contribution in [2.75, 3.05) is 0 Å². The van der Waals surface area contributed by atoms with Crippen molar-refractivity contribution in [1.29, 1.82) is 0 Å². The summed E-state index contributed by atoms with van der Waals surface area (Å²) in [6.45, 7) is 5.84. The highest BCUT2D eigenvalue weighted by atomic mass is 16.1. The fourth-order valence-corrected chi connectivity index (χ4v) is 2.25. The van der Waals surface area contributed by atoms with Crippen molar-refractivity contribution in [3.05, 3.63) is 36.0 Å². The van der Waals surface area contributed by atoms with Gasteiger partial charge in [0.15, 0.2) is 0 Å². The second-order valence-corrected chi connectivity index (χ2v) is 5.11. The molecule has 0 aliphatic heterocycles. The molecule has 2 rings (SSSR count). The van der Waals surface area contributed by atoms with Gasteiger partial charge in [-0.05, 0) is 24.0 Å². The molecule has 18 heavy (non-hydrogen) atoms. The molecule has 1 unspecified atom stereocenters. The highest BCUT2D eigenvalue weighted by molar-refractivity contribution is 5.83. The molecule has 0 saturated carbocycles. The van der Waals surface area contributed by atoms with E-state index in [9.17, 15) is 4.79 Å². The van der Waals surface area contributed by atoms with Crippen LogP contribution in [0.4, 0.5) is 0 Å². The zero-order valence-electron chi connectivity index (χ0n) is 11.2. The van der Waals surface area contributed by atoms with Crippen molar-refractivity contribution in [3.63, 3.8) is 0 Å². The fraction of sp³-hybridized carbons (Fsp3) is 0.400. The maximum atomic E-state index is 11.2. The lowest BCUT2D eigenvalue weighted by atomic mass is 9.96. The van der Waals surface area contributed by atoms with Crippen molar-refractivity contribution in [1.82, 2.24) is 10.3 Å². The van der Waals surface area contributed by atoms with Gasteiger partial charge in [-0.15, -0.1) is 0 Å². The van der Waals surface area contributed by atoms with Crippen molar-refractivity contribution in [2.24, 2.45) is 5.92 Å². The molecule has 3 nitrogen and oxygen atoms in total. The van der Waals surface area contributed by atoms with E-state index in [1.54, 1.807) is 6.92 Å². The lowest BCUT2D eigenvalue weighted by Crippen LogP contribution is -2.38. The first-order valence-electron chi connectivity index (χ1n) is 6.40. The van der Waals surface area contributed by atoms with Crippen molar-refractivity contribution >= 4 is 16.8 Å². The summed E-state index contributed by atoms with van der Waals surface area (Å²) in [6.07, 6.45) is 2.91. The molecule has 96 valence electrons. The predicted octanol–water partition coefficient (Wildman–Crippen LogP) is 2.87. The molecule has 0 bridgehead atoms. The zero-order valence-corrected chi connectivity index (χ0v) is 11.2. The van der Waals surface area contributed by atoms with Crippen molar-refractivity contribution < 1.29 is 4.79 Å². The molecule has 3 heteroatoms. The first kappa shape index (κ1) is 12.7. The third-order valence-electron chi connectivity index (χ3n) is 3.31. The molecule has 1 amide bonds. The Hall–Kier alpha value is -1.77. The van der Waals surface area contributed by atoms with Crippen LogP contribution in [0.3, 0.4) is 0 Å². The van der Waals surface area contributed by atoms with Crippen LogP contribution < -0.4 is 5.32 Å². The lowest BCUT2D eigenvalue weighted by molar-refractivity contribution is -0.119. The van der Waals surface area contributed by atoms with Gasteiger partial charge in [0.25, 0.3) is 0 Å². The van der Waals surface area contributed by atoms with E-state index in [0.717, 1.165) is 11.9 Å². The second kappa shape index (κ2) is 5.25. The quantitative estimate of drug-likeness (QED) is 0.853. The molecule has 0 aliphatic rings. The summed E-state index contributed by atoms with van der Waals surface area (Å²) in [4.78, 5) is 14.5. The molecule has 0 radical (unpaired) electrons. The van der Waals surface area contributed by atoms with Crippen LogP contribution in [0, 0.1) is 5.92 Å². The van der Waals surface area contributed by atoms with Gasteiger partial charge in [0.1, 0.15) is 0 Å². The van der Waals surface area contributed by atoms with E-state index in [2.05, 4.69) is 36.3 Å². The molecule has 0 saturated heterocycles. The smallest absolute Gasteiger partial charge is 0.217 e. The second-order valence-electron chi connectivity index (χ2n) is 5.11.